The van der Waals surface area contributed by atoms with Gasteiger partial charge >= 0.3 is 0 Å². The Kier molecular flexibility index (Phi) is 5.26. The average molecular weight is 308 g/mol. The summed E-state index contributed by atoms with van der Waals surface area (Å²) in [5.74, 6) is 0.791. The maximum absolute atomic E-state index is 12.0. The third-order valence-corrected chi connectivity index (χ3v) is 4.35. The first-order valence-corrected chi connectivity index (χ1v) is 7.38. The molecule has 0 bridgehead atoms. The van der Waals surface area contributed by atoms with Crippen LogP contribution in [0.1, 0.15) is 18.4 Å². The molecule has 1 aromatic carbocycles. The topological polar surface area (TPSA) is 96.8 Å². The van der Waals surface area contributed by atoms with E-state index in [-0.39, 0.29) is 5.92 Å². The van der Waals surface area contributed by atoms with Crippen LogP contribution in [-0.4, -0.2) is 38.9 Å². The lowest BCUT2D eigenvalue weighted by Crippen LogP contribution is -2.60. The molecule has 6 heteroatoms. The van der Waals surface area contributed by atoms with E-state index in [1.165, 1.54) is 0 Å². The van der Waals surface area contributed by atoms with Crippen LogP contribution in [0.3, 0.4) is 0 Å². The van der Waals surface area contributed by atoms with E-state index < -0.39 is 11.4 Å². The molecule has 1 atom stereocenters. The van der Waals surface area contributed by atoms with Crippen molar-refractivity contribution in [3.05, 3.63) is 23.8 Å². The SMILES string of the molecule is COc1ccc(CC(N)(C(N)=O)C2CCOCC2)cc1OC. The summed E-state index contributed by atoms with van der Waals surface area (Å²) in [6.45, 7) is 1.23. The van der Waals surface area contributed by atoms with Crippen LogP contribution in [0.4, 0.5) is 0 Å². The molecule has 122 valence electrons. The van der Waals surface area contributed by atoms with Crippen LogP contribution in [0.5, 0.6) is 11.5 Å². The molecule has 0 aromatic heterocycles. The zero-order valence-corrected chi connectivity index (χ0v) is 13.1. The molecule has 0 saturated carbocycles. The molecular formula is C16H24N2O4. The van der Waals surface area contributed by atoms with E-state index in [4.69, 9.17) is 25.7 Å². The highest BCUT2D eigenvalue weighted by Gasteiger charge is 2.41. The van der Waals surface area contributed by atoms with Gasteiger partial charge in [-0.2, -0.15) is 0 Å². The number of primary amides is 1. The van der Waals surface area contributed by atoms with Crippen LogP contribution in [-0.2, 0) is 16.0 Å². The minimum Gasteiger partial charge on any atom is -0.493 e. The first-order valence-electron chi connectivity index (χ1n) is 7.38. The Morgan fingerprint density at radius 2 is 1.91 bits per heavy atom. The number of carbonyl (C=O) groups is 1. The van der Waals surface area contributed by atoms with Gasteiger partial charge in [0.1, 0.15) is 5.54 Å². The number of nitrogens with two attached hydrogens (primary N) is 2. The summed E-state index contributed by atoms with van der Waals surface area (Å²) in [7, 11) is 3.15. The maximum Gasteiger partial charge on any atom is 0.238 e. The largest absolute Gasteiger partial charge is 0.493 e. The van der Waals surface area contributed by atoms with Crippen LogP contribution < -0.4 is 20.9 Å². The van der Waals surface area contributed by atoms with Crippen molar-refractivity contribution in [2.45, 2.75) is 24.8 Å². The van der Waals surface area contributed by atoms with Crippen molar-refractivity contribution < 1.29 is 19.0 Å². The number of benzene rings is 1. The Hall–Kier alpha value is -1.79. The second-order valence-corrected chi connectivity index (χ2v) is 5.66. The number of rotatable bonds is 6. The fourth-order valence-corrected chi connectivity index (χ4v) is 2.97. The van der Waals surface area contributed by atoms with Gasteiger partial charge in [-0.1, -0.05) is 6.07 Å². The van der Waals surface area contributed by atoms with Gasteiger partial charge < -0.3 is 25.7 Å². The number of ether oxygens (including phenoxy) is 3. The lowest BCUT2D eigenvalue weighted by molar-refractivity contribution is -0.126. The van der Waals surface area contributed by atoms with Gasteiger partial charge in [0.25, 0.3) is 0 Å². The molecule has 1 saturated heterocycles. The number of methoxy groups -OCH3 is 2. The predicted octanol–water partition coefficient (Wildman–Crippen LogP) is 0.856. The molecule has 1 aliphatic heterocycles. The minimum absolute atomic E-state index is 0.0202. The van der Waals surface area contributed by atoms with Crippen molar-refractivity contribution in [2.75, 3.05) is 27.4 Å². The number of hydrogen-bond donors (Lipinski definition) is 2. The van der Waals surface area contributed by atoms with Crippen molar-refractivity contribution in [1.82, 2.24) is 0 Å². The summed E-state index contributed by atoms with van der Waals surface area (Å²) in [6.07, 6.45) is 1.85. The highest BCUT2D eigenvalue weighted by atomic mass is 16.5. The second kappa shape index (κ2) is 6.98. The summed E-state index contributed by atoms with van der Waals surface area (Å²) < 4.78 is 15.9. The number of amides is 1. The molecule has 2 rings (SSSR count). The summed E-state index contributed by atoms with van der Waals surface area (Å²) >= 11 is 0. The monoisotopic (exact) mass is 308 g/mol. The van der Waals surface area contributed by atoms with Crippen LogP contribution >= 0.6 is 0 Å². The molecule has 1 fully saturated rings. The smallest absolute Gasteiger partial charge is 0.238 e. The van der Waals surface area contributed by atoms with Crippen LogP contribution in [0, 0.1) is 5.92 Å². The first-order chi connectivity index (χ1) is 10.5. The Bertz CT molecular complexity index is 529. The van der Waals surface area contributed by atoms with Gasteiger partial charge in [0.15, 0.2) is 11.5 Å². The fourth-order valence-electron chi connectivity index (χ4n) is 2.97. The van der Waals surface area contributed by atoms with Crippen molar-refractivity contribution in [2.24, 2.45) is 17.4 Å². The summed E-state index contributed by atoms with van der Waals surface area (Å²) in [5.41, 5.74) is 11.8. The van der Waals surface area contributed by atoms with Crippen molar-refractivity contribution >= 4 is 5.91 Å². The standard InChI is InChI=1S/C16H24N2O4/c1-20-13-4-3-11(9-14(13)21-2)10-16(18,15(17)19)12-5-7-22-8-6-12/h3-4,9,12H,5-8,10,18H2,1-2H3,(H2,17,19). The van der Waals surface area contributed by atoms with Crippen molar-refractivity contribution in [1.29, 1.82) is 0 Å². The van der Waals surface area contributed by atoms with Gasteiger partial charge in [0.05, 0.1) is 14.2 Å². The summed E-state index contributed by atoms with van der Waals surface area (Å²) in [4.78, 5) is 12.0. The van der Waals surface area contributed by atoms with Gasteiger partial charge in [0.2, 0.25) is 5.91 Å². The zero-order chi connectivity index (χ0) is 16.2. The molecule has 1 aliphatic rings. The highest BCUT2D eigenvalue weighted by Crippen LogP contribution is 2.32. The van der Waals surface area contributed by atoms with E-state index in [9.17, 15) is 4.79 Å². The Balaban J connectivity index is 2.25. The van der Waals surface area contributed by atoms with Gasteiger partial charge in [-0.15, -0.1) is 0 Å². The maximum atomic E-state index is 12.0. The van der Waals surface area contributed by atoms with E-state index in [0.717, 1.165) is 18.4 Å². The molecule has 6 nitrogen and oxygen atoms in total. The quantitative estimate of drug-likeness (QED) is 0.812. The van der Waals surface area contributed by atoms with Gasteiger partial charge in [-0.25, -0.2) is 0 Å². The van der Waals surface area contributed by atoms with E-state index in [0.29, 0.717) is 31.1 Å². The molecule has 0 spiro atoms. The third kappa shape index (κ3) is 3.34. The van der Waals surface area contributed by atoms with E-state index in [1.807, 2.05) is 12.1 Å². The Morgan fingerprint density at radius 3 is 2.45 bits per heavy atom. The van der Waals surface area contributed by atoms with Crippen molar-refractivity contribution in [3.63, 3.8) is 0 Å². The Labute approximate surface area is 130 Å². The van der Waals surface area contributed by atoms with Crippen molar-refractivity contribution in [3.8, 4) is 11.5 Å². The molecule has 1 heterocycles. The van der Waals surface area contributed by atoms with Crippen LogP contribution in [0.15, 0.2) is 18.2 Å². The molecule has 0 aliphatic carbocycles. The molecule has 1 aromatic rings. The fraction of sp³-hybridized carbons (Fsp3) is 0.562. The molecule has 0 radical (unpaired) electrons. The normalized spacial score (nSPS) is 18.5. The van der Waals surface area contributed by atoms with E-state index in [1.54, 1.807) is 20.3 Å². The molecule has 4 N–H and O–H groups in total. The molecular weight excluding hydrogens is 284 g/mol. The molecule has 22 heavy (non-hydrogen) atoms. The third-order valence-electron chi connectivity index (χ3n) is 4.35. The van der Waals surface area contributed by atoms with E-state index >= 15 is 0 Å². The number of carbonyl (C=O) groups excluding carboxylic acids is 1. The summed E-state index contributed by atoms with van der Waals surface area (Å²) in [5, 5.41) is 0. The lowest BCUT2D eigenvalue weighted by Gasteiger charge is -2.37. The Morgan fingerprint density at radius 1 is 1.27 bits per heavy atom. The summed E-state index contributed by atoms with van der Waals surface area (Å²) in [6, 6.07) is 5.52. The zero-order valence-electron chi connectivity index (χ0n) is 13.1. The van der Waals surface area contributed by atoms with Crippen LogP contribution in [0.25, 0.3) is 0 Å². The molecule has 1 amide bonds. The van der Waals surface area contributed by atoms with Gasteiger partial charge in [0, 0.05) is 13.2 Å². The number of hydrogen-bond acceptors (Lipinski definition) is 5. The van der Waals surface area contributed by atoms with Gasteiger partial charge in [-0.05, 0) is 42.9 Å². The average Bonchev–Trinajstić information content (AvgIpc) is 2.55. The van der Waals surface area contributed by atoms with Gasteiger partial charge in [-0.3, -0.25) is 4.79 Å². The highest BCUT2D eigenvalue weighted by molar-refractivity contribution is 5.85. The first kappa shape index (κ1) is 16.6. The predicted molar refractivity (Wildman–Crippen MR) is 82.9 cm³/mol. The second-order valence-electron chi connectivity index (χ2n) is 5.66. The van der Waals surface area contributed by atoms with E-state index in [2.05, 4.69) is 0 Å². The minimum atomic E-state index is -1.08. The van der Waals surface area contributed by atoms with Crippen LogP contribution in [0.2, 0.25) is 0 Å². The molecule has 1 unspecified atom stereocenters. The lowest BCUT2D eigenvalue weighted by atomic mass is 9.75.